The minimum absolute atomic E-state index is 0.142. The molecule has 7 heteroatoms. The Balaban J connectivity index is 1.66. The van der Waals surface area contributed by atoms with Crippen LogP contribution in [-0.4, -0.2) is 63.1 Å². The molecule has 1 aromatic heterocycles. The number of rotatable bonds is 5. The van der Waals surface area contributed by atoms with E-state index in [9.17, 15) is 8.42 Å². The van der Waals surface area contributed by atoms with E-state index in [1.54, 1.807) is 10.4 Å². The van der Waals surface area contributed by atoms with Crippen molar-refractivity contribution in [3.05, 3.63) is 17.5 Å². The summed E-state index contributed by atoms with van der Waals surface area (Å²) in [6.07, 6.45) is 4.00. The molecule has 1 atom stereocenters. The molecule has 3 heterocycles. The van der Waals surface area contributed by atoms with Crippen molar-refractivity contribution in [2.45, 2.75) is 35.9 Å². The van der Waals surface area contributed by atoms with Gasteiger partial charge in [0.1, 0.15) is 4.21 Å². The lowest BCUT2D eigenvalue weighted by Crippen LogP contribution is -2.46. The van der Waals surface area contributed by atoms with Crippen molar-refractivity contribution in [2.75, 3.05) is 39.4 Å². The minimum Gasteiger partial charge on any atom is -0.379 e. The zero-order chi connectivity index (χ0) is 15.4. The SMILES string of the molecule is O=S(=O)(c1cccs1)N1CCCC[C@@H]1CCN1CCOCC1. The molecule has 2 saturated heterocycles. The summed E-state index contributed by atoms with van der Waals surface area (Å²) < 4.78 is 33.2. The third-order valence-electron chi connectivity index (χ3n) is 4.51. The quantitative estimate of drug-likeness (QED) is 0.820. The summed E-state index contributed by atoms with van der Waals surface area (Å²) in [7, 11) is -3.31. The van der Waals surface area contributed by atoms with Gasteiger partial charge in [0.25, 0.3) is 10.0 Å². The molecule has 5 nitrogen and oxygen atoms in total. The van der Waals surface area contributed by atoms with Crippen LogP contribution in [0.5, 0.6) is 0 Å². The van der Waals surface area contributed by atoms with E-state index < -0.39 is 10.0 Å². The monoisotopic (exact) mass is 344 g/mol. The highest BCUT2D eigenvalue weighted by Crippen LogP contribution is 2.29. The number of piperidine rings is 1. The van der Waals surface area contributed by atoms with Gasteiger partial charge < -0.3 is 4.74 Å². The molecule has 0 amide bonds. The van der Waals surface area contributed by atoms with Gasteiger partial charge >= 0.3 is 0 Å². The molecule has 0 radical (unpaired) electrons. The third-order valence-corrected chi connectivity index (χ3v) is 7.84. The fourth-order valence-electron chi connectivity index (χ4n) is 3.26. The van der Waals surface area contributed by atoms with Crippen molar-refractivity contribution in [2.24, 2.45) is 0 Å². The second-order valence-corrected chi connectivity index (χ2v) is 9.01. The first kappa shape index (κ1) is 16.4. The van der Waals surface area contributed by atoms with Gasteiger partial charge in [0.2, 0.25) is 0 Å². The summed E-state index contributed by atoms with van der Waals surface area (Å²) in [6.45, 7) is 5.14. The molecule has 0 N–H and O–H groups in total. The third kappa shape index (κ3) is 3.71. The number of hydrogen-bond acceptors (Lipinski definition) is 5. The Labute approximate surface area is 136 Å². The van der Waals surface area contributed by atoms with Crippen LogP contribution in [0.15, 0.2) is 21.7 Å². The summed E-state index contributed by atoms with van der Waals surface area (Å²) in [6, 6.07) is 3.67. The lowest BCUT2D eigenvalue weighted by molar-refractivity contribution is 0.0340. The number of thiophene rings is 1. The van der Waals surface area contributed by atoms with Crippen molar-refractivity contribution >= 4 is 21.4 Å². The second-order valence-electron chi connectivity index (χ2n) is 5.94. The fourth-order valence-corrected chi connectivity index (χ4v) is 6.10. The first-order valence-corrected chi connectivity index (χ1v) is 10.4. The minimum atomic E-state index is -3.31. The number of nitrogens with zero attached hydrogens (tertiary/aromatic N) is 2. The van der Waals surface area contributed by atoms with Gasteiger partial charge in [-0.05, 0) is 37.3 Å². The molecule has 2 aliphatic rings. The zero-order valence-corrected chi connectivity index (χ0v) is 14.4. The van der Waals surface area contributed by atoms with Crippen molar-refractivity contribution < 1.29 is 13.2 Å². The first-order chi connectivity index (χ1) is 10.7. The van der Waals surface area contributed by atoms with E-state index in [0.717, 1.165) is 58.5 Å². The molecular formula is C15H24N2O3S2. The molecule has 0 spiro atoms. The highest BCUT2D eigenvalue weighted by molar-refractivity contribution is 7.91. The van der Waals surface area contributed by atoms with Crippen molar-refractivity contribution in [1.82, 2.24) is 9.21 Å². The van der Waals surface area contributed by atoms with Crippen LogP contribution in [-0.2, 0) is 14.8 Å². The average molecular weight is 345 g/mol. The maximum Gasteiger partial charge on any atom is 0.252 e. The normalized spacial score (nSPS) is 25.4. The average Bonchev–Trinajstić information content (AvgIpc) is 3.09. The fraction of sp³-hybridized carbons (Fsp3) is 0.733. The molecular weight excluding hydrogens is 320 g/mol. The van der Waals surface area contributed by atoms with E-state index in [-0.39, 0.29) is 6.04 Å². The predicted octanol–water partition coefficient (Wildman–Crippen LogP) is 2.01. The number of ether oxygens (including phenoxy) is 1. The van der Waals surface area contributed by atoms with Gasteiger partial charge in [-0.3, -0.25) is 4.90 Å². The van der Waals surface area contributed by atoms with Crippen LogP contribution >= 0.6 is 11.3 Å². The van der Waals surface area contributed by atoms with Gasteiger partial charge in [-0.1, -0.05) is 12.5 Å². The Hall–Kier alpha value is -0.470. The lowest BCUT2D eigenvalue weighted by atomic mass is 10.0. The molecule has 0 saturated carbocycles. The molecule has 0 bridgehead atoms. The number of hydrogen-bond donors (Lipinski definition) is 0. The van der Waals surface area contributed by atoms with Gasteiger partial charge in [0.15, 0.2) is 0 Å². The summed E-state index contributed by atoms with van der Waals surface area (Å²) in [5, 5.41) is 1.83. The molecule has 22 heavy (non-hydrogen) atoms. The Morgan fingerprint density at radius 1 is 1.23 bits per heavy atom. The molecule has 2 aliphatic heterocycles. The van der Waals surface area contributed by atoms with Crippen LogP contribution in [0.4, 0.5) is 0 Å². The van der Waals surface area contributed by atoms with E-state index in [4.69, 9.17) is 4.74 Å². The van der Waals surface area contributed by atoms with Crippen LogP contribution in [0.2, 0.25) is 0 Å². The van der Waals surface area contributed by atoms with E-state index in [1.807, 2.05) is 11.4 Å². The van der Waals surface area contributed by atoms with E-state index in [0.29, 0.717) is 10.8 Å². The highest BCUT2D eigenvalue weighted by atomic mass is 32.2. The maximum atomic E-state index is 12.8. The standard InChI is InChI=1S/C15H24N2O3S2/c18-22(19,15-5-3-13-21-15)17-7-2-1-4-14(17)6-8-16-9-11-20-12-10-16/h3,5,13-14H,1-2,4,6-12H2/t14-/m1/s1. The zero-order valence-electron chi connectivity index (χ0n) is 12.8. The molecule has 124 valence electrons. The summed E-state index contributed by atoms with van der Waals surface area (Å²) in [5.74, 6) is 0. The van der Waals surface area contributed by atoms with Gasteiger partial charge in [-0.15, -0.1) is 11.3 Å². The molecule has 2 fully saturated rings. The molecule has 3 rings (SSSR count). The van der Waals surface area contributed by atoms with Gasteiger partial charge in [-0.2, -0.15) is 4.31 Å². The van der Waals surface area contributed by atoms with Gasteiger partial charge in [0.05, 0.1) is 13.2 Å². The smallest absolute Gasteiger partial charge is 0.252 e. The van der Waals surface area contributed by atoms with Crippen LogP contribution in [0.3, 0.4) is 0 Å². The molecule has 0 aromatic carbocycles. The van der Waals surface area contributed by atoms with E-state index in [2.05, 4.69) is 4.90 Å². The maximum absolute atomic E-state index is 12.8. The van der Waals surface area contributed by atoms with Crippen LogP contribution in [0, 0.1) is 0 Å². The number of morpholine rings is 1. The van der Waals surface area contributed by atoms with Gasteiger partial charge in [-0.25, -0.2) is 8.42 Å². The van der Waals surface area contributed by atoms with Crippen molar-refractivity contribution in [3.63, 3.8) is 0 Å². The van der Waals surface area contributed by atoms with Crippen molar-refractivity contribution in [1.29, 1.82) is 0 Å². The predicted molar refractivity (Wildman–Crippen MR) is 87.7 cm³/mol. The first-order valence-electron chi connectivity index (χ1n) is 8.03. The Kier molecular flexibility index (Phi) is 5.51. The Bertz CT molecular complexity index is 553. The summed E-state index contributed by atoms with van der Waals surface area (Å²) in [4.78, 5) is 2.38. The van der Waals surface area contributed by atoms with Gasteiger partial charge in [0, 0.05) is 25.7 Å². The van der Waals surface area contributed by atoms with E-state index >= 15 is 0 Å². The molecule has 0 unspecified atom stereocenters. The molecule has 0 aliphatic carbocycles. The Morgan fingerprint density at radius 2 is 2.05 bits per heavy atom. The lowest BCUT2D eigenvalue weighted by Gasteiger charge is -2.36. The van der Waals surface area contributed by atoms with E-state index in [1.165, 1.54) is 11.3 Å². The second kappa shape index (κ2) is 7.40. The molecule has 1 aromatic rings. The largest absolute Gasteiger partial charge is 0.379 e. The summed E-state index contributed by atoms with van der Waals surface area (Å²) in [5.41, 5.74) is 0. The number of sulfonamides is 1. The Morgan fingerprint density at radius 3 is 2.77 bits per heavy atom. The summed E-state index contributed by atoms with van der Waals surface area (Å²) >= 11 is 1.32. The van der Waals surface area contributed by atoms with Crippen molar-refractivity contribution in [3.8, 4) is 0 Å². The topological polar surface area (TPSA) is 49.9 Å². The van der Waals surface area contributed by atoms with Crippen LogP contribution in [0.1, 0.15) is 25.7 Å². The van der Waals surface area contributed by atoms with Crippen LogP contribution in [0.25, 0.3) is 0 Å². The highest BCUT2D eigenvalue weighted by Gasteiger charge is 2.34. The van der Waals surface area contributed by atoms with Crippen LogP contribution < -0.4 is 0 Å².